The molecule has 1 aromatic heterocycles. The monoisotopic (exact) mass is 345 g/mol. The number of nitrogens with zero attached hydrogens (tertiary/aromatic N) is 4. The van der Waals surface area contributed by atoms with Crippen molar-refractivity contribution in [2.24, 2.45) is 0 Å². The number of carbonyl (C=O) groups excluding carboxylic acids is 2. The van der Waals surface area contributed by atoms with Crippen molar-refractivity contribution in [2.75, 3.05) is 57.3 Å². The van der Waals surface area contributed by atoms with Crippen LogP contribution in [0.3, 0.4) is 0 Å². The first-order chi connectivity index (χ1) is 12.2. The number of hydrogen-bond acceptors (Lipinski definition) is 5. The average molecular weight is 345 g/mol. The van der Waals surface area contributed by atoms with Crippen LogP contribution in [-0.2, 0) is 9.59 Å². The van der Waals surface area contributed by atoms with Gasteiger partial charge in [-0.2, -0.15) is 0 Å². The Kier molecular flexibility index (Phi) is 6.22. The van der Waals surface area contributed by atoms with Crippen LogP contribution < -0.4 is 10.2 Å². The Morgan fingerprint density at radius 1 is 1.04 bits per heavy atom. The molecular weight excluding hydrogens is 318 g/mol. The molecule has 2 fully saturated rings. The van der Waals surface area contributed by atoms with Gasteiger partial charge in [0.05, 0.1) is 6.54 Å². The van der Waals surface area contributed by atoms with E-state index in [4.69, 9.17) is 0 Å². The second-order valence-electron chi connectivity index (χ2n) is 6.64. The molecule has 1 N–H and O–H groups in total. The van der Waals surface area contributed by atoms with Gasteiger partial charge in [0.15, 0.2) is 0 Å². The normalized spacial score (nSPS) is 18.4. The summed E-state index contributed by atoms with van der Waals surface area (Å²) in [5, 5.41) is 2.87. The van der Waals surface area contributed by atoms with Gasteiger partial charge in [-0.25, -0.2) is 4.98 Å². The highest BCUT2D eigenvalue weighted by atomic mass is 16.2. The number of anilines is 1. The summed E-state index contributed by atoms with van der Waals surface area (Å²) in [5.74, 6) is 1.15. The molecule has 7 heteroatoms. The van der Waals surface area contributed by atoms with Crippen LogP contribution in [0.2, 0.25) is 0 Å². The molecule has 3 rings (SSSR count). The SMILES string of the molecule is O=C(CN1CCN(c2ccccn2)CC1)NCCC(=O)N1CCCC1. The van der Waals surface area contributed by atoms with Gasteiger partial charge in [-0.3, -0.25) is 14.5 Å². The Balaban J connectivity index is 1.32. The number of hydrogen-bond donors (Lipinski definition) is 1. The van der Waals surface area contributed by atoms with E-state index in [-0.39, 0.29) is 11.8 Å². The lowest BCUT2D eigenvalue weighted by molar-refractivity contribution is -0.130. The van der Waals surface area contributed by atoms with E-state index in [1.54, 1.807) is 6.20 Å². The van der Waals surface area contributed by atoms with Crippen LogP contribution in [0.4, 0.5) is 5.82 Å². The molecule has 0 bridgehead atoms. The largest absolute Gasteiger partial charge is 0.354 e. The molecule has 3 heterocycles. The fourth-order valence-corrected chi connectivity index (χ4v) is 3.37. The maximum absolute atomic E-state index is 12.1. The van der Waals surface area contributed by atoms with Crippen molar-refractivity contribution in [3.8, 4) is 0 Å². The number of amides is 2. The zero-order valence-electron chi connectivity index (χ0n) is 14.7. The van der Waals surface area contributed by atoms with Crippen LogP contribution in [0.5, 0.6) is 0 Å². The van der Waals surface area contributed by atoms with Crippen LogP contribution in [0.15, 0.2) is 24.4 Å². The summed E-state index contributed by atoms with van der Waals surface area (Å²) in [7, 11) is 0. The Hall–Kier alpha value is -2.15. The molecule has 25 heavy (non-hydrogen) atoms. The number of nitrogens with one attached hydrogen (secondary N) is 1. The van der Waals surface area contributed by atoms with Gasteiger partial charge in [0.25, 0.3) is 0 Å². The average Bonchev–Trinajstić information content (AvgIpc) is 3.18. The zero-order chi connectivity index (χ0) is 17.5. The van der Waals surface area contributed by atoms with Crippen LogP contribution in [0.25, 0.3) is 0 Å². The molecule has 0 spiro atoms. The number of likely N-dealkylation sites (tertiary alicyclic amines) is 1. The van der Waals surface area contributed by atoms with Gasteiger partial charge < -0.3 is 15.1 Å². The van der Waals surface area contributed by atoms with Gasteiger partial charge >= 0.3 is 0 Å². The van der Waals surface area contributed by atoms with Gasteiger partial charge in [-0.1, -0.05) is 6.07 Å². The highest BCUT2D eigenvalue weighted by molar-refractivity contribution is 5.80. The number of carbonyl (C=O) groups is 2. The minimum atomic E-state index is 0.000470. The van der Waals surface area contributed by atoms with Crippen LogP contribution in [-0.4, -0.2) is 79.0 Å². The Morgan fingerprint density at radius 3 is 2.48 bits per heavy atom. The second-order valence-corrected chi connectivity index (χ2v) is 6.64. The quantitative estimate of drug-likeness (QED) is 0.805. The fraction of sp³-hybridized carbons (Fsp3) is 0.611. The highest BCUT2D eigenvalue weighted by Crippen LogP contribution is 2.12. The Labute approximate surface area is 149 Å². The van der Waals surface area contributed by atoms with E-state index in [1.165, 1.54) is 0 Å². The van der Waals surface area contributed by atoms with Crippen LogP contribution in [0.1, 0.15) is 19.3 Å². The summed E-state index contributed by atoms with van der Waals surface area (Å²) in [6.45, 7) is 6.00. The Bertz CT molecular complexity index is 566. The van der Waals surface area contributed by atoms with Crippen LogP contribution >= 0.6 is 0 Å². The van der Waals surface area contributed by atoms with Crippen molar-refractivity contribution in [3.05, 3.63) is 24.4 Å². The third-order valence-electron chi connectivity index (χ3n) is 4.83. The third-order valence-corrected chi connectivity index (χ3v) is 4.83. The summed E-state index contributed by atoms with van der Waals surface area (Å²) >= 11 is 0. The zero-order valence-corrected chi connectivity index (χ0v) is 14.7. The predicted molar refractivity (Wildman–Crippen MR) is 96.3 cm³/mol. The molecule has 136 valence electrons. The molecule has 7 nitrogen and oxygen atoms in total. The van der Waals surface area contributed by atoms with Crippen molar-refractivity contribution >= 4 is 17.6 Å². The van der Waals surface area contributed by atoms with Crippen molar-refractivity contribution in [1.29, 1.82) is 0 Å². The van der Waals surface area contributed by atoms with E-state index >= 15 is 0 Å². The molecule has 0 saturated carbocycles. The standard InChI is InChI=1S/C18H27N5O2/c24-17(20-8-6-18(25)23-9-3-4-10-23)15-21-11-13-22(14-12-21)16-5-1-2-7-19-16/h1-2,5,7H,3-4,6,8-15H2,(H,20,24). The predicted octanol–water partition coefficient (Wildman–Crippen LogP) is 0.332. The molecule has 2 amide bonds. The molecule has 2 aliphatic rings. The first-order valence-electron chi connectivity index (χ1n) is 9.15. The van der Waals surface area contributed by atoms with Crippen molar-refractivity contribution in [2.45, 2.75) is 19.3 Å². The lowest BCUT2D eigenvalue weighted by Crippen LogP contribution is -2.50. The molecule has 0 radical (unpaired) electrons. The first kappa shape index (κ1) is 17.7. The molecule has 0 aliphatic carbocycles. The van der Waals surface area contributed by atoms with Crippen molar-refractivity contribution < 1.29 is 9.59 Å². The highest BCUT2D eigenvalue weighted by Gasteiger charge is 2.20. The summed E-state index contributed by atoms with van der Waals surface area (Å²) < 4.78 is 0. The van der Waals surface area contributed by atoms with Gasteiger partial charge in [0.1, 0.15) is 5.82 Å². The van der Waals surface area contributed by atoms with E-state index in [0.29, 0.717) is 19.5 Å². The van der Waals surface area contributed by atoms with E-state index in [2.05, 4.69) is 20.1 Å². The maximum atomic E-state index is 12.1. The van der Waals surface area contributed by atoms with Gasteiger partial charge in [-0.15, -0.1) is 0 Å². The second kappa shape index (κ2) is 8.80. The lowest BCUT2D eigenvalue weighted by Gasteiger charge is -2.34. The molecular formula is C18H27N5O2. The molecule has 2 saturated heterocycles. The summed E-state index contributed by atoms with van der Waals surface area (Å²) in [5.41, 5.74) is 0. The topological polar surface area (TPSA) is 68.8 Å². The Morgan fingerprint density at radius 2 is 1.80 bits per heavy atom. The fourth-order valence-electron chi connectivity index (χ4n) is 3.37. The molecule has 0 atom stereocenters. The van der Waals surface area contributed by atoms with Gasteiger partial charge in [0.2, 0.25) is 11.8 Å². The number of piperazine rings is 1. The summed E-state index contributed by atoms with van der Waals surface area (Å²) in [6.07, 6.45) is 4.41. The number of aromatic nitrogens is 1. The van der Waals surface area contributed by atoms with E-state index in [9.17, 15) is 9.59 Å². The first-order valence-corrected chi connectivity index (χ1v) is 9.15. The smallest absolute Gasteiger partial charge is 0.234 e. The van der Waals surface area contributed by atoms with E-state index in [0.717, 1.165) is 57.9 Å². The van der Waals surface area contributed by atoms with Gasteiger partial charge in [-0.05, 0) is 25.0 Å². The molecule has 1 aromatic rings. The number of pyridine rings is 1. The van der Waals surface area contributed by atoms with E-state index in [1.807, 2.05) is 23.1 Å². The van der Waals surface area contributed by atoms with Crippen molar-refractivity contribution in [1.82, 2.24) is 20.1 Å². The molecule has 2 aliphatic heterocycles. The summed E-state index contributed by atoms with van der Waals surface area (Å²) in [6, 6.07) is 5.92. The van der Waals surface area contributed by atoms with Crippen molar-refractivity contribution in [3.63, 3.8) is 0 Å². The minimum Gasteiger partial charge on any atom is -0.354 e. The molecule has 0 unspecified atom stereocenters. The lowest BCUT2D eigenvalue weighted by atomic mass is 10.3. The summed E-state index contributed by atoms with van der Waals surface area (Å²) in [4.78, 5) is 34.7. The van der Waals surface area contributed by atoms with E-state index < -0.39 is 0 Å². The third kappa shape index (κ3) is 5.16. The van der Waals surface area contributed by atoms with Crippen LogP contribution in [0, 0.1) is 0 Å². The number of rotatable bonds is 6. The minimum absolute atomic E-state index is 0.000470. The van der Waals surface area contributed by atoms with Gasteiger partial charge in [0, 0.05) is 58.4 Å². The maximum Gasteiger partial charge on any atom is 0.234 e. The molecule has 0 aromatic carbocycles.